The summed E-state index contributed by atoms with van der Waals surface area (Å²) < 4.78 is 5.41. The van der Waals surface area contributed by atoms with Crippen LogP contribution < -0.4 is 16.0 Å². The number of amides is 3. The fourth-order valence-electron chi connectivity index (χ4n) is 2.76. The van der Waals surface area contributed by atoms with E-state index < -0.39 is 0 Å². The van der Waals surface area contributed by atoms with Crippen LogP contribution in [0.2, 0.25) is 0 Å². The van der Waals surface area contributed by atoms with Crippen molar-refractivity contribution in [2.24, 2.45) is 11.3 Å². The number of rotatable bonds is 15. The van der Waals surface area contributed by atoms with E-state index in [2.05, 4.69) is 36.7 Å². The standard InChI is InChI=1S/C20H39N3O4/c1-6-7-10-21-17(24)8-9-18(25)22-11-13-27-14-12-23-19(26)20(4,5)15-16(2)3/h16H,6-15H2,1-5H3,(H,21,24)(H,22,25)(H,23,26). The highest BCUT2D eigenvalue weighted by Gasteiger charge is 2.27. The molecule has 3 amide bonds. The van der Waals surface area contributed by atoms with E-state index in [0.29, 0.717) is 38.8 Å². The third-order valence-corrected chi connectivity index (χ3v) is 4.07. The molecule has 158 valence electrons. The van der Waals surface area contributed by atoms with Gasteiger partial charge >= 0.3 is 0 Å². The molecule has 0 radical (unpaired) electrons. The zero-order valence-corrected chi connectivity index (χ0v) is 17.8. The molecule has 0 heterocycles. The van der Waals surface area contributed by atoms with Gasteiger partial charge in [-0.15, -0.1) is 0 Å². The van der Waals surface area contributed by atoms with Gasteiger partial charge in [0.2, 0.25) is 17.7 Å². The average Bonchev–Trinajstić information content (AvgIpc) is 2.58. The first kappa shape index (κ1) is 25.4. The molecule has 0 saturated carbocycles. The van der Waals surface area contributed by atoms with Crippen molar-refractivity contribution in [1.29, 1.82) is 0 Å². The number of carbonyl (C=O) groups is 3. The van der Waals surface area contributed by atoms with Crippen LogP contribution in [0.25, 0.3) is 0 Å². The zero-order valence-electron chi connectivity index (χ0n) is 17.8. The number of nitrogens with one attached hydrogen (secondary N) is 3. The maximum Gasteiger partial charge on any atom is 0.225 e. The van der Waals surface area contributed by atoms with Crippen LogP contribution in [0.4, 0.5) is 0 Å². The fraction of sp³-hybridized carbons (Fsp3) is 0.850. The summed E-state index contributed by atoms with van der Waals surface area (Å²) >= 11 is 0. The Bertz CT molecular complexity index is 451. The molecule has 7 heteroatoms. The second-order valence-electron chi connectivity index (χ2n) is 7.90. The number of hydrogen-bond donors (Lipinski definition) is 3. The molecule has 0 fully saturated rings. The lowest BCUT2D eigenvalue weighted by Crippen LogP contribution is -2.39. The highest BCUT2D eigenvalue weighted by Crippen LogP contribution is 2.25. The Hall–Kier alpha value is -1.63. The summed E-state index contributed by atoms with van der Waals surface area (Å²) in [5, 5.41) is 8.39. The molecule has 0 bridgehead atoms. The van der Waals surface area contributed by atoms with Crippen LogP contribution in [0.1, 0.15) is 66.7 Å². The molecule has 7 nitrogen and oxygen atoms in total. The molecule has 0 aromatic rings. The van der Waals surface area contributed by atoms with Gasteiger partial charge in [0.25, 0.3) is 0 Å². The summed E-state index contributed by atoms with van der Waals surface area (Å²) in [5.74, 6) is 0.248. The van der Waals surface area contributed by atoms with Crippen LogP contribution in [-0.2, 0) is 19.1 Å². The number of carbonyl (C=O) groups excluding carboxylic acids is 3. The summed E-state index contributed by atoms with van der Waals surface area (Å²) in [5.41, 5.74) is -0.384. The van der Waals surface area contributed by atoms with Crippen LogP contribution in [0.3, 0.4) is 0 Å². The molecule has 0 aliphatic carbocycles. The molecule has 0 unspecified atom stereocenters. The van der Waals surface area contributed by atoms with Gasteiger partial charge in [-0.2, -0.15) is 0 Å². The lowest BCUT2D eigenvalue weighted by Gasteiger charge is -2.25. The maximum absolute atomic E-state index is 12.1. The van der Waals surface area contributed by atoms with E-state index in [9.17, 15) is 14.4 Å². The average molecular weight is 386 g/mol. The van der Waals surface area contributed by atoms with Crippen LogP contribution in [0.5, 0.6) is 0 Å². The Morgan fingerprint density at radius 2 is 1.41 bits per heavy atom. The molecule has 27 heavy (non-hydrogen) atoms. The van der Waals surface area contributed by atoms with Crippen molar-refractivity contribution < 1.29 is 19.1 Å². The van der Waals surface area contributed by atoms with E-state index in [1.807, 2.05) is 13.8 Å². The van der Waals surface area contributed by atoms with Gasteiger partial charge in [-0.05, 0) is 18.8 Å². The minimum Gasteiger partial charge on any atom is -0.378 e. The third kappa shape index (κ3) is 14.1. The summed E-state index contributed by atoms with van der Waals surface area (Å²) in [4.78, 5) is 35.3. The molecule has 0 aliphatic rings. The van der Waals surface area contributed by atoms with Crippen LogP contribution in [0.15, 0.2) is 0 Å². The minimum absolute atomic E-state index is 0.0327. The van der Waals surface area contributed by atoms with Crippen LogP contribution >= 0.6 is 0 Å². The molecule has 0 spiro atoms. The monoisotopic (exact) mass is 385 g/mol. The Balaban J connectivity index is 3.64. The largest absolute Gasteiger partial charge is 0.378 e. The quantitative estimate of drug-likeness (QED) is 0.376. The Labute approximate surface area is 164 Å². The zero-order chi connectivity index (χ0) is 20.7. The second kappa shape index (κ2) is 14.4. The number of unbranched alkanes of at least 4 members (excludes halogenated alkanes) is 1. The van der Waals surface area contributed by atoms with Crippen molar-refractivity contribution in [2.75, 3.05) is 32.8 Å². The van der Waals surface area contributed by atoms with Gasteiger partial charge in [-0.3, -0.25) is 14.4 Å². The topological polar surface area (TPSA) is 96.5 Å². The first-order valence-corrected chi connectivity index (χ1v) is 10.1. The molecular formula is C20H39N3O4. The lowest BCUT2D eigenvalue weighted by atomic mass is 9.83. The van der Waals surface area contributed by atoms with Crippen molar-refractivity contribution in [3.63, 3.8) is 0 Å². The van der Waals surface area contributed by atoms with Crippen molar-refractivity contribution in [1.82, 2.24) is 16.0 Å². The van der Waals surface area contributed by atoms with Gasteiger partial charge in [0, 0.05) is 37.9 Å². The van der Waals surface area contributed by atoms with Crippen molar-refractivity contribution in [2.45, 2.75) is 66.7 Å². The normalized spacial score (nSPS) is 11.3. The van der Waals surface area contributed by atoms with E-state index in [4.69, 9.17) is 4.74 Å². The highest BCUT2D eigenvalue weighted by atomic mass is 16.5. The Kier molecular flexibility index (Phi) is 13.6. The first-order valence-electron chi connectivity index (χ1n) is 10.1. The molecule has 0 saturated heterocycles. The smallest absolute Gasteiger partial charge is 0.225 e. The van der Waals surface area contributed by atoms with E-state index >= 15 is 0 Å². The van der Waals surface area contributed by atoms with Crippen molar-refractivity contribution >= 4 is 17.7 Å². The molecule has 0 aliphatic heterocycles. The summed E-state index contributed by atoms with van der Waals surface area (Å²) in [6.07, 6.45) is 3.20. The van der Waals surface area contributed by atoms with E-state index in [1.54, 1.807) is 0 Å². The van der Waals surface area contributed by atoms with Crippen LogP contribution in [-0.4, -0.2) is 50.6 Å². The lowest BCUT2D eigenvalue weighted by molar-refractivity contribution is -0.130. The van der Waals surface area contributed by atoms with Crippen molar-refractivity contribution in [3.8, 4) is 0 Å². The molecule has 0 rings (SSSR count). The van der Waals surface area contributed by atoms with Gasteiger partial charge in [0.05, 0.1) is 13.2 Å². The molecule has 0 atom stereocenters. The van der Waals surface area contributed by atoms with Gasteiger partial charge in [-0.1, -0.05) is 41.0 Å². The van der Waals surface area contributed by atoms with Crippen molar-refractivity contribution in [3.05, 3.63) is 0 Å². The van der Waals surface area contributed by atoms with Gasteiger partial charge in [0.15, 0.2) is 0 Å². The predicted molar refractivity (Wildman–Crippen MR) is 107 cm³/mol. The Morgan fingerprint density at radius 1 is 0.889 bits per heavy atom. The molecule has 3 N–H and O–H groups in total. The minimum atomic E-state index is -0.384. The highest BCUT2D eigenvalue weighted by molar-refractivity contribution is 5.83. The SMILES string of the molecule is CCCCNC(=O)CCC(=O)NCCOCCNC(=O)C(C)(C)CC(C)C. The third-order valence-electron chi connectivity index (χ3n) is 4.07. The first-order chi connectivity index (χ1) is 12.7. The molecule has 0 aromatic heterocycles. The van der Waals surface area contributed by atoms with E-state index in [-0.39, 0.29) is 36.0 Å². The second-order valence-corrected chi connectivity index (χ2v) is 7.90. The molecule has 0 aromatic carbocycles. The summed E-state index contributed by atoms with van der Waals surface area (Å²) in [7, 11) is 0. The predicted octanol–water partition coefficient (Wildman–Crippen LogP) is 2.00. The van der Waals surface area contributed by atoms with E-state index in [1.165, 1.54) is 0 Å². The number of hydrogen-bond acceptors (Lipinski definition) is 4. The fourth-order valence-corrected chi connectivity index (χ4v) is 2.76. The van der Waals surface area contributed by atoms with E-state index in [0.717, 1.165) is 19.3 Å². The van der Waals surface area contributed by atoms with Gasteiger partial charge < -0.3 is 20.7 Å². The summed E-state index contributed by atoms with van der Waals surface area (Å²) in [6.45, 7) is 12.4. The van der Waals surface area contributed by atoms with Gasteiger partial charge in [-0.25, -0.2) is 0 Å². The number of ether oxygens (including phenoxy) is 1. The molecular weight excluding hydrogens is 346 g/mol. The Morgan fingerprint density at radius 3 is 1.93 bits per heavy atom. The summed E-state index contributed by atoms with van der Waals surface area (Å²) in [6, 6.07) is 0. The van der Waals surface area contributed by atoms with Crippen LogP contribution in [0, 0.1) is 11.3 Å². The maximum atomic E-state index is 12.1. The van der Waals surface area contributed by atoms with Gasteiger partial charge in [0.1, 0.15) is 0 Å².